The SMILES string of the molecule is COc1cc(C)c(-c2nc(CCO)cs2)cc1C. The molecule has 2 rings (SSSR count). The molecular formula is C14H17NO2S. The van der Waals surface area contributed by atoms with Gasteiger partial charge in [0.15, 0.2) is 0 Å². The predicted octanol–water partition coefficient (Wildman–Crippen LogP) is 2.97. The highest BCUT2D eigenvalue weighted by Gasteiger charge is 2.10. The van der Waals surface area contributed by atoms with Crippen LogP contribution in [0.25, 0.3) is 10.6 Å². The standard InChI is InChI=1S/C14H17NO2S/c1-9-7-13(17-3)10(2)6-12(9)14-15-11(4-5-16)8-18-14/h6-8,16H,4-5H2,1-3H3. The lowest BCUT2D eigenvalue weighted by atomic mass is 10.1. The van der Waals surface area contributed by atoms with Gasteiger partial charge in [0.25, 0.3) is 0 Å². The Morgan fingerprint density at radius 2 is 2.06 bits per heavy atom. The molecular weight excluding hydrogens is 246 g/mol. The Bertz CT molecular complexity index is 549. The molecule has 0 amide bonds. The van der Waals surface area contributed by atoms with E-state index in [0.29, 0.717) is 6.42 Å². The van der Waals surface area contributed by atoms with Gasteiger partial charge in [-0.3, -0.25) is 0 Å². The van der Waals surface area contributed by atoms with E-state index < -0.39 is 0 Å². The van der Waals surface area contributed by atoms with Crippen molar-refractivity contribution in [2.75, 3.05) is 13.7 Å². The molecule has 0 saturated heterocycles. The van der Waals surface area contributed by atoms with Crippen LogP contribution in [0.2, 0.25) is 0 Å². The van der Waals surface area contributed by atoms with Gasteiger partial charge in [-0.15, -0.1) is 11.3 Å². The van der Waals surface area contributed by atoms with Crippen LogP contribution in [0, 0.1) is 13.8 Å². The fourth-order valence-electron chi connectivity index (χ4n) is 1.90. The molecule has 0 unspecified atom stereocenters. The first-order valence-corrected chi connectivity index (χ1v) is 6.74. The van der Waals surface area contributed by atoms with Crippen LogP contribution < -0.4 is 4.74 Å². The van der Waals surface area contributed by atoms with Crippen LogP contribution in [0.5, 0.6) is 5.75 Å². The number of thiazole rings is 1. The average molecular weight is 263 g/mol. The summed E-state index contributed by atoms with van der Waals surface area (Å²) in [6, 6.07) is 4.15. The van der Waals surface area contributed by atoms with Gasteiger partial charge in [0.05, 0.1) is 12.8 Å². The largest absolute Gasteiger partial charge is 0.496 e. The van der Waals surface area contributed by atoms with Crippen molar-refractivity contribution >= 4 is 11.3 Å². The number of nitrogens with zero attached hydrogens (tertiary/aromatic N) is 1. The minimum Gasteiger partial charge on any atom is -0.496 e. The Kier molecular flexibility index (Phi) is 3.99. The monoisotopic (exact) mass is 263 g/mol. The third-order valence-corrected chi connectivity index (χ3v) is 3.82. The average Bonchev–Trinajstić information content (AvgIpc) is 2.80. The molecule has 0 atom stereocenters. The first-order chi connectivity index (χ1) is 8.65. The summed E-state index contributed by atoms with van der Waals surface area (Å²) < 4.78 is 5.31. The third kappa shape index (κ3) is 2.54. The lowest BCUT2D eigenvalue weighted by Gasteiger charge is -2.09. The Balaban J connectivity index is 2.40. The van der Waals surface area contributed by atoms with Gasteiger partial charge < -0.3 is 9.84 Å². The van der Waals surface area contributed by atoms with Crippen molar-refractivity contribution < 1.29 is 9.84 Å². The number of benzene rings is 1. The quantitative estimate of drug-likeness (QED) is 0.922. The second-order valence-electron chi connectivity index (χ2n) is 4.25. The van der Waals surface area contributed by atoms with Crippen molar-refractivity contribution in [2.45, 2.75) is 20.3 Å². The fourth-order valence-corrected chi connectivity index (χ4v) is 2.84. The van der Waals surface area contributed by atoms with Gasteiger partial charge in [-0.05, 0) is 37.1 Å². The maximum atomic E-state index is 8.91. The maximum absolute atomic E-state index is 8.91. The Morgan fingerprint density at radius 1 is 1.28 bits per heavy atom. The van der Waals surface area contributed by atoms with E-state index in [1.165, 1.54) is 0 Å². The van der Waals surface area contributed by atoms with Crippen molar-refractivity contribution in [3.63, 3.8) is 0 Å². The lowest BCUT2D eigenvalue weighted by molar-refractivity contribution is 0.298. The zero-order valence-corrected chi connectivity index (χ0v) is 11.7. The summed E-state index contributed by atoms with van der Waals surface area (Å²) in [7, 11) is 1.68. The number of hydrogen-bond acceptors (Lipinski definition) is 4. The Morgan fingerprint density at radius 3 is 2.72 bits per heavy atom. The second kappa shape index (κ2) is 5.50. The van der Waals surface area contributed by atoms with Crippen molar-refractivity contribution in [1.29, 1.82) is 0 Å². The van der Waals surface area contributed by atoms with E-state index in [4.69, 9.17) is 9.84 Å². The minimum atomic E-state index is 0.143. The molecule has 0 radical (unpaired) electrons. The molecule has 0 fully saturated rings. The molecule has 0 bridgehead atoms. The van der Waals surface area contributed by atoms with Crippen molar-refractivity contribution in [1.82, 2.24) is 4.98 Å². The van der Waals surface area contributed by atoms with Crippen LogP contribution in [-0.4, -0.2) is 23.8 Å². The van der Waals surface area contributed by atoms with Gasteiger partial charge in [0.2, 0.25) is 0 Å². The molecule has 0 aliphatic carbocycles. The molecule has 4 heteroatoms. The van der Waals surface area contributed by atoms with Gasteiger partial charge in [-0.2, -0.15) is 0 Å². The van der Waals surface area contributed by atoms with Crippen LogP contribution in [-0.2, 0) is 6.42 Å². The molecule has 1 aromatic carbocycles. The van der Waals surface area contributed by atoms with Crippen LogP contribution in [0.15, 0.2) is 17.5 Å². The molecule has 0 aliphatic heterocycles. The van der Waals surface area contributed by atoms with Crippen molar-refractivity contribution in [3.05, 3.63) is 34.3 Å². The lowest BCUT2D eigenvalue weighted by Crippen LogP contribution is -1.93. The summed E-state index contributed by atoms with van der Waals surface area (Å²) in [5.74, 6) is 0.906. The van der Waals surface area contributed by atoms with Crippen LogP contribution >= 0.6 is 11.3 Å². The summed E-state index contributed by atoms with van der Waals surface area (Å²) in [6.45, 7) is 4.23. The summed E-state index contributed by atoms with van der Waals surface area (Å²) >= 11 is 1.62. The number of aliphatic hydroxyl groups is 1. The number of rotatable bonds is 4. The molecule has 18 heavy (non-hydrogen) atoms. The summed E-state index contributed by atoms with van der Waals surface area (Å²) in [5.41, 5.74) is 4.35. The molecule has 1 N–H and O–H groups in total. The third-order valence-electron chi connectivity index (χ3n) is 2.89. The summed E-state index contributed by atoms with van der Waals surface area (Å²) in [5, 5.41) is 11.9. The molecule has 0 saturated carbocycles. The van der Waals surface area contributed by atoms with E-state index in [2.05, 4.69) is 18.0 Å². The van der Waals surface area contributed by atoms with E-state index in [1.807, 2.05) is 18.4 Å². The van der Waals surface area contributed by atoms with Gasteiger partial charge in [0.1, 0.15) is 10.8 Å². The van der Waals surface area contributed by atoms with E-state index in [1.54, 1.807) is 18.4 Å². The number of aliphatic hydroxyl groups excluding tert-OH is 1. The van der Waals surface area contributed by atoms with Crippen LogP contribution in [0.1, 0.15) is 16.8 Å². The van der Waals surface area contributed by atoms with Gasteiger partial charge >= 0.3 is 0 Å². The highest BCUT2D eigenvalue weighted by Crippen LogP contribution is 2.31. The van der Waals surface area contributed by atoms with Crippen LogP contribution in [0.3, 0.4) is 0 Å². The normalized spacial score (nSPS) is 10.7. The van der Waals surface area contributed by atoms with Crippen molar-refractivity contribution in [3.8, 4) is 16.3 Å². The molecule has 0 aliphatic rings. The van der Waals surface area contributed by atoms with Gasteiger partial charge in [-0.1, -0.05) is 0 Å². The fraction of sp³-hybridized carbons (Fsp3) is 0.357. The zero-order chi connectivity index (χ0) is 13.1. The zero-order valence-electron chi connectivity index (χ0n) is 10.9. The molecule has 1 aromatic heterocycles. The van der Waals surface area contributed by atoms with E-state index >= 15 is 0 Å². The highest BCUT2D eigenvalue weighted by atomic mass is 32.1. The number of aromatic nitrogens is 1. The van der Waals surface area contributed by atoms with Crippen LogP contribution in [0.4, 0.5) is 0 Å². The Hall–Kier alpha value is -1.39. The number of ether oxygens (including phenoxy) is 1. The van der Waals surface area contributed by atoms with Gasteiger partial charge in [0, 0.05) is 24.0 Å². The first-order valence-electron chi connectivity index (χ1n) is 5.86. The molecule has 3 nitrogen and oxygen atoms in total. The summed E-state index contributed by atoms with van der Waals surface area (Å²) in [4.78, 5) is 4.55. The van der Waals surface area contributed by atoms with E-state index in [-0.39, 0.29) is 6.61 Å². The second-order valence-corrected chi connectivity index (χ2v) is 5.11. The number of aryl methyl sites for hydroxylation is 2. The predicted molar refractivity (Wildman–Crippen MR) is 74.4 cm³/mol. The van der Waals surface area contributed by atoms with Gasteiger partial charge in [-0.25, -0.2) is 4.98 Å². The molecule has 2 aromatic rings. The molecule has 1 heterocycles. The van der Waals surface area contributed by atoms with Crippen molar-refractivity contribution in [2.24, 2.45) is 0 Å². The Labute approximate surface area is 111 Å². The topological polar surface area (TPSA) is 42.4 Å². The van der Waals surface area contributed by atoms with E-state index in [9.17, 15) is 0 Å². The first kappa shape index (κ1) is 13.1. The van der Waals surface area contributed by atoms with E-state index in [0.717, 1.165) is 33.1 Å². The smallest absolute Gasteiger partial charge is 0.123 e. The maximum Gasteiger partial charge on any atom is 0.123 e. The highest BCUT2D eigenvalue weighted by molar-refractivity contribution is 7.13. The molecule has 96 valence electrons. The number of hydrogen-bond donors (Lipinski definition) is 1. The minimum absolute atomic E-state index is 0.143. The molecule has 0 spiro atoms. The number of methoxy groups -OCH3 is 1. The summed E-state index contributed by atoms with van der Waals surface area (Å²) in [6.07, 6.45) is 0.616.